The van der Waals surface area contributed by atoms with Crippen LogP contribution in [0.4, 0.5) is 5.69 Å². The lowest BCUT2D eigenvalue weighted by atomic mass is 10.2. The van der Waals surface area contributed by atoms with Crippen molar-refractivity contribution >= 4 is 24.9 Å². The first-order valence-corrected chi connectivity index (χ1v) is 10.9. The molecule has 0 saturated heterocycles. The van der Waals surface area contributed by atoms with E-state index in [1.54, 1.807) is 13.1 Å². The summed E-state index contributed by atoms with van der Waals surface area (Å²) in [5.74, 6) is -0.00867. The minimum atomic E-state index is -1.24. The summed E-state index contributed by atoms with van der Waals surface area (Å²) in [4.78, 5) is 11.4. The first kappa shape index (κ1) is 16.3. The minimum Gasteiger partial charge on any atom is -0.385 e. The fourth-order valence-electron chi connectivity index (χ4n) is 2.08. The summed E-state index contributed by atoms with van der Waals surface area (Å²) in [5.41, 5.74) is 1.86. The predicted octanol–water partition coefficient (Wildman–Crippen LogP) is 2.23. The average Bonchev–Trinajstić information content (AvgIpc) is 2.95. The fraction of sp³-hybridized carbons (Fsp3) is 0.375. The van der Waals surface area contributed by atoms with Crippen molar-refractivity contribution in [1.29, 1.82) is 0 Å². The molecule has 0 bridgehead atoms. The largest absolute Gasteiger partial charge is 0.385 e. The Labute approximate surface area is 132 Å². The maximum absolute atomic E-state index is 11.4. The number of amides is 1. The molecule has 1 aromatic carbocycles. The van der Waals surface area contributed by atoms with Gasteiger partial charge in [0.15, 0.2) is 0 Å². The third-order valence-corrected chi connectivity index (χ3v) is 5.54. The third kappa shape index (κ3) is 4.21. The molecule has 0 unspecified atom stereocenters. The quantitative estimate of drug-likeness (QED) is 0.802. The maximum Gasteiger partial charge on any atom is 0.289 e. The Bertz CT molecular complexity index is 630. The topological polar surface area (TPSA) is 67.2 Å². The summed E-state index contributed by atoms with van der Waals surface area (Å²) < 4.78 is 4.99. The van der Waals surface area contributed by atoms with E-state index < -0.39 is 8.07 Å². The molecule has 118 valence electrons. The first-order valence-electron chi connectivity index (χ1n) is 7.42. The molecule has 0 radical (unpaired) electrons. The van der Waals surface area contributed by atoms with Crippen molar-refractivity contribution in [1.82, 2.24) is 10.5 Å². The molecule has 0 atom stereocenters. The summed E-state index contributed by atoms with van der Waals surface area (Å²) in [5, 5.41) is 11.2. The predicted molar refractivity (Wildman–Crippen MR) is 91.5 cm³/mol. The van der Waals surface area contributed by atoms with Gasteiger partial charge in [0.2, 0.25) is 5.76 Å². The van der Waals surface area contributed by atoms with Crippen molar-refractivity contribution in [2.45, 2.75) is 26.1 Å². The second-order valence-corrected chi connectivity index (χ2v) is 11.3. The van der Waals surface area contributed by atoms with E-state index in [0.717, 1.165) is 17.9 Å². The molecule has 0 aliphatic heterocycles. The van der Waals surface area contributed by atoms with Gasteiger partial charge in [-0.3, -0.25) is 4.79 Å². The van der Waals surface area contributed by atoms with Gasteiger partial charge < -0.3 is 15.2 Å². The summed E-state index contributed by atoms with van der Waals surface area (Å²) in [6, 6.07) is 10.3. The van der Waals surface area contributed by atoms with Crippen LogP contribution in [0.3, 0.4) is 0 Å². The fourth-order valence-corrected chi connectivity index (χ4v) is 3.25. The summed E-state index contributed by atoms with van der Waals surface area (Å²) >= 11 is 0. The number of anilines is 1. The Hall–Kier alpha value is -2.08. The van der Waals surface area contributed by atoms with Gasteiger partial charge in [0.1, 0.15) is 0 Å². The van der Waals surface area contributed by atoms with Gasteiger partial charge in [0, 0.05) is 31.8 Å². The van der Waals surface area contributed by atoms with Gasteiger partial charge in [-0.2, -0.15) is 0 Å². The van der Waals surface area contributed by atoms with E-state index in [1.807, 2.05) is 0 Å². The Balaban J connectivity index is 1.86. The summed E-state index contributed by atoms with van der Waals surface area (Å²) in [6.07, 6.45) is 0.705. The van der Waals surface area contributed by atoms with Gasteiger partial charge in [0.05, 0.1) is 13.8 Å². The molecule has 1 heterocycles. The van der Waals surface area contributed by atoms with Gasteiger partial charge in [0.25, 0.3) is 5.91 Å². The van der Waals surface area contributed by atoms with Crippen LogP contribution in [0.25, 0.3) is 0 Å². The van der Waals surface area contributed by atoms with Crippen molar-refractivity contribution < 1.29 is 9.32 Å². The first-order chi connectivity index (χ1) is 10.4. The van der Waals surface area contributed by atoms with Gasteiger partial charge in [-0.25, -0.2) is 0 Å². The third-order valence-electron chi connectivity index (χ3n) is 3.47. The standard InChI is InChI=1S/C16H23N3O2Si/c1-17-16(20)15-11-13(19-21-15)9-10-18-12-5-7-14(8-6-12)22(2,3)4/h5-8,11,18H,9-10H2,1-4H3,(H,17,20). The second-order valence-electron chi connectivity index (χ2n) is 6.27. The molecule has 0 aliphatic carbocycles. The number of hydrogen-bond donors (Lipinski definition) is 2. The molecule has 22 heavy (non-hydrogen) atoms. The van der Waals surface area contributed by atoms with Crippen LogP contribution in [-0.4, -0.2) is 32.7 Å². The zero-order chi connectivity index (χ0) is 16.2. The molecule has 2 N–H and O–H groups in total. The Morgan fingerprint density at radius 1 is 1.23 bits per heavy atom. The van der Waals surface area contributed by atoms with Gasteiger partial charge in [-0.1, -0.05) is 42.1 Å². The number of carbonyl (C=O) groups is 1. The lowest BCUT2D eigenvalue weighted by Crippen LogP contribution is -2.37. The molecule has 6 heteroatoms. The molecular weight excluding hydrogens is 294 g/mol. The average molecular weight is 317 g/mol. The molecule has 0 spiro atoms. The van der Waals surface area contributed by atoms with Crippen LogP contribution in [0, 0.1) is 0 Å². The highest BCUT2D eigenvalue weighted by Crippen LogP contribution is 2.09. The van der Waals surface area contributed by atoms with E-state index in [9.17, 15) is 4.79 Å². The number of nitrogens with zero attached hydrogens (tertiary/aromatic N) is 1. The lowest BCUT2D eigenvalue weighted by molar-refractivity contribution is 0.0926. The Morgan fingerprint density at radius 3 is 2.50 bits per heavy atom. The van der Waals surface area contributed by atoms with E-state index in [1.165, 1.54) is 5.19 Å². The smallest absolute Gasteiger partial charge is 0.289 e. The van der Waals surface area contributed by atoms with E-state index in [-0.39, 0.29) is 11.7 Å². The molecule has 2 rings (SSSR count). The van der Waals surface area contributed by atoms with Crippen molar-refractivity contribution in [3.63, 3.8) is 0 Å². The molecule has 1 aromatic heterocycles. The van der Waals surface area contributed by atoms with Gasteiger partial charge in [-0.15, -0.1) is 0 Å². The van der Waals surface area contributed by atoms with E-state index in [2.05, 4.69) is 59.7 Å². The van der Waals surface area contributed by atoms with Crippen molar-refractivity contribution in [3.8, 4) is 0 Å². The SMILES string of the molecule is CNC(=O)c1cc(CCNc2ccc([Si](C)(C)C)cc2)no1. The molecule has 0 aliphatic rings. The normalized spacial score (nSPS) is 11.3. The van der Waals surface area contributed by atoms with Gasteiger partial charge in [-0.05, 0) is 12.1 Å². The van der Waals surface area contributed by atoms with Gasteiger partial charge >= 0.3 is 0 Å². The molecular formula is C16H23N3O2Si. The van der Waals surface area contributed by atoms with E-state index in [4.69, 9.17) is 4.52 Å². The number of carbonyl (C=O) groups excluding carboxylic acids is 1. The van der Waals surface area contributed by atoms with Crippen LogP contribution in [0.2, 0.25) is 19.6 Å². The van der Waals surface area contributed by atoms with Crippen LogP contribution in [0.5, 0.6) is 0 Å². The number of hydrogen-bond acceptors (Lipinski definition) is 4. The maximum atomic E-state index is 11.4. The highest BCUT2D eigenvalue weighted by Gasteiger charge is 2.15. The van der Waals surface area contributed by atoms with Crippen LogP contribution in [0.15, 0.2) is 34.9 Å². The van der Waals surface area contributed by atoms with Crippen LogP contribution in [-0.2, 0) is 6.42 Å². The van der Waals surface area contributed by atoms with E-state index >= 15 is 0 Å². The number of benzene rings is 1. The summed E-state index contributed by atoms with van der Waals surface area (Å²) in [6.45, 7) is 7.75. The van der Waals surface area contributed by atoms with Crippen LogP contribution < -0.4 is 15.8 Å². The number of aromatic nitrogens is 1. The zero-order valence-electron chi connectivity index (χ0n) is 13.6. The second kappa shape index (κ2) is 6.78. The molecule has 0 saturated carbocycles. The number of nitrogens with one attached hydrogen (secondary N) is 2. The minimum absolute atomic E-state index is 0.247. The highest BCUT2D eigenvalue weighted by atomic mass is 28.3. The molecule has 1 amide bonds. The molecule has 2 aromatic rings. The Kier molecular flexibility index (Phi) is 5.02. The van der Waals surface area contributed by atoms with E-state index in [0.29, 0.717) is 6.42 Å². The molecule has 0 fully saturated rings. The molecule has 5 nitrogen and oxygen atoms in total. The monoisotopic (exact) mass is 317 g/mol. The van der Waals surface area contributed by atoms with Crippen molar-refractivity contribution in [2.75, 3.05) is 18.9 Å². The van der Waals surface area contributed by atoms with Crippen LogP contribution >= 0.6 is 0 Å². The van der Waals surface area contributed by atoms with Crippen LogP contribution in [0.1, 0.15) is 16.2 Å². The lowest BCUT2D eigenvalue weighted by Gasteiger charge is -2.17. The number of rotatable bonds is 6. The highest BCUT2D eigenvalue weighted by molar-refractivity contribution is 6.88. The van der Waals surface area contributed by atoms with Crippen molar-refractivity contribution in [3.05, 3.63) is 41.8 Å². The van der Waals surface area contributed by atoms with Crippen molar-refractivity contribution in [2.24, 2.45) is 0 Å². The summed E-state index contributed by atoms with van der Waals surface area (Å²) in [7, 11) is 0.326. The zero-order valence-corrected chi connectivity index (χ0v) is 14.6. The Morgan fingerprint density at radius 2 is 1.91 bits per heavy atom.